The molecule has 2 aromatic rings. The third kappa shape index (κ3) is 2.51. The molecule has 0 bridgehead atoms. The molecule has 0 amide bonds. The zero-order valence-corrected chi connectivity index (χ0v) is 9.40. The van der Waals surface area contributed by atoms with Gasteiger partial charge in [0.25, 0.3) is 0 Å². The molecule has 0 fully saturated rings. The smallest absolute Gasteiger partial charge is 0.166 e. The van der Waals surface area contributed by atoms with Gasteiger partial charge in [0.2, 0.25) is 0 Å². The van der Waals surface area contributed by atoms with Gasteiger partial charge in [0.15, 0.2) is 0 Å². The van der Waals surface area contributed by atoms with Crippen LogP contribution >= 0.6 is 11.3 Å². The first-order chi connectivity index (χ1) is 8.00. The molecule has 0 saturated heterocycles. The van der Waals surface area contributed by atoms with E-state index in [1.165, 1.54) is 23.5 Å². The minimum Gasteiger partial charge on any atom is -0.166 e. The Balaban J connectivity index is 2.33. The molecular formula is C13H7F3S. The molecule has 2 rings (SSSR count). The molecule has 0 aliphatic carbocycles. The Morgan fingerprint density at radius 3 is 2.12 bits per heavy atom. The van der Waals surface area contributed by atoms with E-state index in [2.05, 4.69) is 5.92 Å². The fraction of sp³-hybridized carbons (Fsp3) is 0.0769. The zero-order valence-electron chi connectivity index (χ0n) is 8.58. The lowest BCUT2D eigenvalue weighted by molar-refractivity contribution is -0.137. The Morgan fingerprint density at radius 2 is 1.65 bits per heavy atom. The van der Waals surface area contributed by atoms with Crippen molar-refractivity contribution >= 4 is 11.3 Å². The van der Waals surface area contributed by atoms with E-state index >= 15 is 0 Å². The third-order valence-corrected chi connectivity index (χ3v) is 3.31. The number of rotatable bonds is 1. The van der Waals surface area contributed by atoms with Crippen molar-refractivity contribution in [2.45, 2.75) is 6.18 Å². The number of halogens is 3. The third-order valence-electron chi connectivity index (χ3n) is 2.24. The molecular weight excluding hydrogens is 245 g/mol. The average molecular weight is 252 g/mol. The number of thiophene rings is 1. The molecule has 0 saturated carbocycles. The van der Waals surface area contributed by atoms with Crippen LogP contribution in [0.25, 0.3) is 10.4 Å². The van der Waals surface area contributed by atoms with Gasteiger partial charge in [-0.2, -0.15) is 13.2 Å². The van der Waals surface area contributed by atoms with E-state index in [1.54, 1.807) is 6.07 Å². The highest BCUT2D eigenvalue weighted by Crippen LogP contribution is 2.32. The van der Waals surface area contributed by atoms with Crippen LogP contribution in [0.3, 0.4) is 0 Å². The van der Waals surface area contributed by atoms with Gasteiger partial charge < -0.3 is 0 Å². The van der Waals surface area contributed by atoms with Crippen molar-refractivity contribution in [1.82, 2.24) is 0 Å². The summed E-state index contributed by atoms with van der Waals surface area (Å²) in [6.07, 6.45) is 0.940. The molecule has 1 aromatic heterocycles. The first kappa shape index (κ1) is 11.7. The molecule has 0 nitrogen and oxygen atoms in total. The summed E-state index contributed by atoms with van der Waals surface area (Å²) in [6, 6.07) is 8.64. The van der Waals surface area contributed by atoms with E-state index in [4.69, 9.17) is 6.42 Å². The number of terminal acetylenes is 1. The van der Waals surface area contributed by atoms with Crippen LogP contribution in [0.15, 0.2) is 36.4 Å². The molecule has 0 atom stereocenters. The summed E-state index contributed by atoms with van der Waals surface area (Å²) >= 11 is 1.38. The Morgan fingerprint density at radius 1 is 1.00 bits per heavy atom. The van der Waals surface area contributed by atoms with Gasteiger partial charge in [0.1, 0.15) is 0 Å². The number of alkyl halides is 3. The quantitative estimate of drug-likeness (QED) is 0.659. The maximum absolute atomic E-state index is 12.4. The maximum Gasteiger partial charge on any atom is 0.416 e. The first-order valence-corrected chi connectivity index (χ1v) is 5.56. The Hall–Kier alpha value is -1.73. The summed E-state index contributed by atoms with van der Waals surface area (Å²) in [6.45, 7) is 0. The van der Waals surface area contributed by atoms with Crippen molar-refractivity contribution in [1.29, 1.82) is 0 Å². The average Bonchev–Trinajstić information content (AvgIpc) is 2.76. The van der Waals surface area contributed by atoms with Crippen molar-refractivity contribution in [3.63, 3.8) is 0 Å². The molecule has 17 heavy (non-hydrogen) atoms. The molecule has 0 aliphatic heterocycles. The highest BCUT2D eigenvalue weighted by molar-refractivity contribution is 7.16. The van der Waals surface area contributed by atoms with Crippen LogP contribution in [0.5, 0.6) is 0 Å². The number of hydrogen-bond acceptors (Lipinski definition) is 1. The second-order valence-electron chi connectivity index (χ2n) is 3.38. The highest BCUT2D eigenvalue weighted by Gasteiger charge is 2.29. The molecule has 1 aromatic carbocycles. The van der Waals surface area contributed by atoms with Crippen LogP contribution in [0.4, 0.5) is 13.2 Å². The van der Waals surface area contributed by atoms with Gasteiger partial charge >= 0.3 is 6.18 Å². The maximum atomic E-state index is 12.4. The van der Waals surface area contributed by atoms with Crippen molar-refractivity contribution < 1.29 is 13.2 Å². The largest absolute Gasteiger partial charge is 0.416 e. The lowest BCUT2D eigenvalue weighted by Gasteiger charge is -2.06. The monoisotopic (exact) mass is 252 g/mol. The molecule has 0 N–H and O–H groups in total. The predicted molar refractivity (Wildman–Crippen MR) is 62.7 cm³/mol. The van der Waals surface area contributed by atoms with Crippen molar-refractivity contribution in [3.05, 3.63) is 46.8 Å². The van der Waals surface area contributed by atoms with Crippen LogP contribution in [-0.2, 0) is 6.18 Å². The van der Waals surface area contributed by atoms with E-state index in [0.29, 0.717) is 0 Å². The lowest BCUT2D eigenvalue weighted by Crippen LogP contribution is -2.03. The van der Waals surface area contributed by atoms with Crippen molar-refractivity contribution in [3.8, 4) is 22.8 Å². The molecule has 86 valence electrons. The predicted octanol–water partition coefficient (Wildman–Crippen LogP) is 4.42. The Labute approximate surface area is 101 Å². The SMILES string of the molecule is C#Cc1ccc(-c2ccc(C(F)(F)F)cc2)s1. The minimum absolute atomic E-state index is 0.644. The normalized spacial score (nSPS) is 11.2. The second kappa shape index (κ2) is 4.27. The number of benzene rings is 1. The van der Waals surface area contributed by atoms with Gasteiger partial charge in [-0.15, -0.1) is 17.8 Å². The highest BCUT2D eigenvalue weighted by atomic mass is 32.1. The topological polar surface area (TPSA) is 0 Å². The van der Waals surface area contributed by atoms with Crippen molar-refractivity contribution in [2.75, 3.05) is 0 Å². The van der Waals surface area contributed by atoms with E-state index < -0.39 is 11.7 Å². The van der Waals surface area contributed by atoms with E-state index in [9.17, 15) is 13.2 Å². The van der Waals surface area contributed by atoms with Gasteiger partial charge in [-0.1, -0.05) is 18.1 Å². The number of hydrogen-bond donors (Lipinski definition) is 0. The van der Waals surface area contributed by atoms with Crippen LogP contribution < -0.4 is 0 Å². The molecule has 0 unspecified atom stereocenters. The van der Waals surface area contributed by atoms with Crippen LogP contribution in [-0.4, -0.2) is 0 Å². The van der Waals surface area contributed by atoms with E-state index in [1.807, 2.05) is 6.07 Å². The summed E-state index contributed by atoms with van der Waals surface area (Å²) in [5.74, 6) is 2.49. The van der Waals surface area contributed by atoms with Gasteiger partial charge in [0.05, 0.1) is 10.4 Å². The van der Waals surface area contributed by atoms with Gasteiger partial charge in [-0.3, -0.25) is 0 Å². The fourth-order valence-electron chi connectivity index (χ4n) is 1.39. The van der Waals surface area contributed by atoms with E-state index in [0.717, 1.165) is 27.5 Å². The molecule has 4 heteroatoms. The van der Waals surface area contributed by atoms with E-state index in [-0.39, 0.29) is 0 Å². The zero-order chi connectivity index (χ0) is 12.5. The fourth-order valence-corrected chi connectivity index (χ4v) is 2.22. The lowest BCUT2D eigenvalue weighted by atomic mass is 10.1. The van der Waals surface area contributed by atoms with Gasteiger partial charge in [0, 0.05) is 4.88 Å². The summed E-state index contributed by atoms with van der Waals surface area (Å²) < 4.78 is 37.1. The van der Waals surface area contributed by atoms with Gasteiger partial charge in [-0.05, 0) is 29.8 Å². The van der Waals surface area contributed by atoms with Crippen LogP contribution in [0.2, 0.25) is 0 Å². The molecule has 1 heterocycles. The summed E-state index contributed by atoms with van der Waals surface area (Å²) in [4.78, 5) is 1.63. The first-order valence-electron chi connectivity index (χ1n) is 4.75. The minimum atomic E-state index is -4.29. The summed E-state index contributed by atoms with van der Waals surface area (Å²) in [5.41, 5.74) is 0.0967. The standard InChI is InChI=1S/C13H7F3S/c1-2-11-7-8-12(17-11)9-3-5-10(6-4-9)13(14,15)16/h1,3-8H. The second-order valence-corrected chi connectivity index (χ2v) is 4.47. The van der Waals surface area contributed by atoms with Gasteiger partial charge in [-0.25, -0.2) is 0 Å². The van der Waals surface area contributed by atoms with Crippen LogP contribution in [0.1, 0.15) is 10.4 Å². The van der Waals surface area contributed by atoms with Crippen LogP contribution in [0, 0.1) is 12.3 Å². The summed E-state index contributed by atoms with van der Waals surface area (Å²) in [7, 11) is 0. The molecule has 0 radical (unpaired) electrons. The molecule has 0 spiro atoms. The molecule has 0 aliphatic rings. The summed E-state index contributed by atoms with van der Waals surface area (Å²) in [5, 5.41) is 0. The van der Waals surface area contributed by atoms with Crippen molar-refractivity contribution in [2.24, 2.45) is 0 Å². The Bertz CT molecular complexity index is 556. The Kier molecular flexibility index (Phi) is 2.95.